The van der Waals surface area contributed by atoms with Gasteiger partial charge in [0.05, 0.1) is 28.2 Å². The number of carboxylic acids is 1. The number of nitrogens with zero attached hydrogens (tertiary/aromatic N) is 2. The largest absolute Gasteiger partial charge is 0.490 e. The van der Waals surface area contributed by atoms with Crippen LogP contribution in [0, 0.1) is 16.7 Å². The van der Waals surface area contributed by atoms with E-state index < -0.39 is 27.6 Å². The van der Waals surface area contributed by atoms with Crippen LogP contribution in [0.2, 0.25) is 0 Å². The summed E-state index contributed by atoms with van der Waals surface area (Å²) < 4.78 is 60.7. The van der Waals surface area contributed by atoms with Crippen molar-refractivity contribution in [3.63, 3.8) is 0 Å². The molecule has 8 nitrogen and oxygen atoms in total. The highest BCUT2D eigenvalue weighted by atomic mass is 32.2. The molecule has 2 aliphatic rings. The molecule has 2 atom stereocenters. The fourth-order valence-electron chi connectivity index (χ4n) is 6.46. The van der Waals surface area contributed by atoms with Crippen LogP contribution in [0.5, 0.6) is 0 Å². The molecule has 0 radical (unpaired) electrons. The second kappa shape index (κ2) is 12.0. The summed E-state index contributed by atoms with van der Waals surface area (Å²) >= 11 is 0. The van der Waals surface area contributed by atoms with Gasteiger partial charge in [0.15, 0.2) is 0 Å². The van der Waals surface area contributed by atoms with Crippen LogP contribution in [0.4, 0.5) is 13.2 Å². The number of nitrogens with one attached hydrogen (secondary N) is 1. The Balaban J connectivity index is 0.000000515. The predicted octanol–water partition coefficient (Wildman–Crippen LogP) is 6.41. The Hall–Kier alpha value is -4.16. The molecule has 2 aliphatic carbocycles. The first-order valence-electron chi connectivity index (χ1n) is 14.4. The molecule has 12 heteroatoms. The number of alkyl halides is 3. The fourth-order valence-corrected chi connectivity index (χ4v) is 8.27. The van der Waals surface area contributed by atoms with Crippen molar-refractivity contribution in [3.8, 4) is 22.5 Å². The first-order chi connectivity index (χ1) is 21.1. The predicted molar refractivity (Wildman–Crippen MR) is 163 cm³/mol. The average Bonchev–Trinajstić information content (AvgIpc) is 3.34. The van der Waals surface area contributed by atoms with Crippen LogP contribution in [-0.2, 0) is 26.2 Å². The molecule has 2 fully saturated rings. The van der Waals surface area contributed by atoms with Crippen LogP contribution < -0.4 is 4.72 Å². The highest BCUT2D eigenvalue weighted by Gasteiger charge is 2.65. The number of halogens is 3. The smallest absolute Gasteiger partial charge is 0.475 e. The number of carboxylic acid groups (broad SMARTS) is 1. The van der Waals surface area contributed by atoms with E-state index in [9.17, 15) is 26.4 Å². The molecule has 45 heavy (non-hydrogen) atoms. The number of para-hydroxylation sites is 2. The lowest BCUT2D eigenvalue weighted by Gasteiger charge is -2.36. The quantitative estimate of drug-likeness (QED) is 0.239. The first-order valence-corrected chi connectivity index (χ1v) is 16.0. The summed E-state index contributed by atoms with van der Waals surface area (Å²) in [7, 11) is -3.63. The van der Waals surface area contributed by atoms with E-state index in [0.717, 1.165) is 45.5 Å². The Morgan fingerprint density at radius 3 is 1.89 bits per heavy atom. The van der Waals surface area contributed by atoms with Gasteiger partial charge in [-0.25, -0.2) is 27.9 Å². The maximum Gasteiger partial charge on any atom is 0.490 e. The molecular weight excluding hydrogens is 607 g/mol. The van der Waals surface area contributed by atoms with Crippen molar-refractivity contribution >= 4 is 32.8 Å². The van der Waals surface area contributed by atoms with E-state index in [1.54, 1.807) is 0 Å². The summed E-state index contributed by atoms with van der Waals surface area (Å²) in [6.45, 7) is 4.29. The lowest BCUT2D eigenvalue weighted by molar-refractivity contribution is -0.192. The summed E-state index contributed by atoms with van der Waals surface area (Å²) in [4.78, 5) is 31.5. The van der Waals surface area contributed by atoms with Crippen molar-refractivity contribution in [1.29, 1.82) is 0 Å². The van der Waals surface area contributed by atoms with Crippen molar-refractivity contribution in [1.82, 2.24) is 14.7 Å². The van der Waals surface area contributed by atoms with Gasteiger partial charge in [0.1, 0.15) is 5.78 Å². The summed E-state index contributed by atoms with van der Waals surface area (Å²) in [6, 6.07) is 25.5. The minimum Gasteiger partial charge on any atom is -0.475 e. The van der Waals surface area contributed by atoms with Crippen molar-refractivity contribution in [2.75, 3.05) is 5.75 Å². The lowest BCUT2D eigenvalue weighted by atomic mass is 9.70. The van der Waals surface area contributed by atoms with Gasteiger partial charge >= 0.3 is 12.1 Å². The van der Waals surface area contributed by atoms with Crippen LogP contribution in [0.15, 0.2) is 78.9 Å². The Morgan fingerprint density at radius 1 is 0.911 bits per heavy atom. The fraction of sp³-hybridized carbons (Fsp3) is 0.333. The monoisotopic (exact) mass is 639 g/mol. The normalized spacial score (nSPS) is 20.6. The molecule has 0 amide bonds. The summed E-state index contributed by atoms with van der Waals surface area (Å²) in [5, 5.41) is 7.12. The summed E-state index contributed by atoms with van der Waals surface area (Å²) in [5.74, 6) is -2.49. The molecule has 0 aliphatic heterocycles. The minimum absolute atomic E-state index is 0.110. The third-order valence-corrected chi connectivity index (χ3v) is 10.6. The molecule has 6 rings (SSSR count). The number of hydrogen-bond acceptors (Lipinski definition) is 6. The van der Waals surface area contributed by atoms with Gasteiger partial charge in [-0.3, -0.25) is 4.79 Å². The van der Waals surface area contributed by atoms with E-state index in [2.05, 4.69) is 18.6 Å². The molecule has 3 aromatic carbocycles. The van der Waals surface area contributed by atoms with Crippen LogP contribution in [0.25, 0.3) is 33.5 Å². The number of carbonyl (C=O) groups excluding carboxylic acids is 1. The van der Waals surface area contributed by atoms with Crippen LogP contribution >= 0.6 is 0 Å². The van der Waals surface area contributed by atoms with E-state index in [1.165, 1.54) is 0 Å². The van der Waals surface area contributed by atoms with Gasteiger partial charge < -0.3 is 5.11 Å². The third kappa shape index (κ3) is 6.48. The Kier molecular flexibility index (Phi) is 8.58. The van der Waals surface area contributed by atoms with Crippen molar-refractivity contribution in [2.24, 2.45) is 16.7 Å². The molecule has 0 spiro atoms. The molecule has 2 unspecified atom stereocenters. The molecule has 1 aromatic heterocycles. The van der Waals surface area contributed by atoms with Gasteiger partial charge in [0.25, 0.3) is 0 Å². The topological polar surface area (TPSA) is 126 Å². The third-order valence-electron chi connectivity index (χ3n) is 9.16. The zero-order valence-corrected chi connectivity index (χ0v) is 25.5. The minimum atomic E-state index is -5.08. The molecule has 2 bridgehead atoms. The number of benzene rings is 3. The van der Waals surface area contributed by atoms with Crippen molar-refractivity contribution in [2.45, 2.75) is 45.8 Å². The molecule has 2 N–H and O–H groups in total. The maximum absolute atomic E-state index is 13.1. The van der Waals surface area contributed by atoms with Gasteiger partial charge in [-0.15, -0.1) is 0 Å². The van der Waals surface area contributed by atoms with E-state index >= 15 is 0 Å². The Morgan fingerprint density at radius 2 is 1.42 bits per heavy atom. The van der Waals surface area contributed by atoms with Crippen LogP contribution in [-0.4, -0.2) is 47.2 Å². The van der Waals surface area contributed by atoms with E-state index in [4.69, 9.17) is 19.9 Å². The van der Waals surface area contributed by atoms with E-state index in [0.29, 0.717) is 12.8 Å². The molecule has 1 heterocycles. The Bertz CT molecular complexity index is 1850. The number of Topliss-reactive ketones (excluding diaryl/α,β-unsaturated/α-hetero) is 1. The number of aromatic nitrogens is 2. The van der Waals surface area contributed by atoms with Gasteiger partial charge in [-0.2, -0.15) is 13.2 Å². The maximum atomic E-state index is 13.1. The van der Waals surface area contributed by atoms with Crippen molar-refractivity contribution < 1.29 is 36.3 Å². The summed E-state index contributed by atoms with van der Waals surface area (Å²) in [6.07, 6.45) is -2.99. The summed E-state index contributed by atoms with van der Waals surface area (Å²) in [5.41, 5.74) is 4.91. The van der Waals surface area contributed by atoms with Gasteiger partial charge in [-0.05, 0) is 41.9 Å². The number of sulfonamides is 1. The SMILES string of the molecule is CC1(C)C2CCC1(CS(=O)(=O)NCc1ccc(-c3nc4ccccc4nc3-c3ccccc3)cc1)C(=O)C2.O=C(O)C(F)(F)F. The first kappa shape index (κ1) is 32.2. The second-order valence-corrected chi connectivity index (χ2v) is 13.8. The number of carbonyl (C=O) groups is 2. The molecular formula is C33H32F3N3O5S. The average molecular weight is 640 g/mol. The molecule has 0 saturated heterocycles. The van der Waals surface area contributed by atoms with Crippen molar-refractivity contribution in [3.05, 3.63) is 84.4 Å². The van der Waals surface area contributed by atoms with Gasteiger partial charge in [-0.1, -0.05) is 80.6 Å². The Labute approximate surface area is 258 Å². The molecule has 4 aromatic rings. The van der Waals surface area contributed by atoms with Crippen LogP contribution in [0.1, 0.15) is 38.7 Å². The standard InChI is InChI=1S/C31H31N3O3S.C2HF3O2/c1-30(2)24-16-17-31(30,27(35)18-24)20-38(36,37)32-19-21-12-14-23(15-13-21)29-28(22-8-4-3-5-9-22)33-25-10-6-7-11-26(25)34-29;3-2(4,5)1(6)7/h3-15,24,32H,16-20H2,1-2H3;(H,6,7). The second-order valence-electron chi connectivity index (χ2n) is 12.0. The number of rotatable bonds is 7. The molecule has 2 saturated carbocycles. The van der Waals surface area contributed by atoms with E-state index in [1.807, 2.05) is 78.9 Å². The van der Waals surface area contributed by atoms with Crippen LogP contribution in [0.3, 0.4) is 0 Å². The van der Waals surface area contributed by atoms with E-state index in [-0.39, 0.29) is 29.4 Å². The number of fused-ring (bicyclic) bond motifs is 3. The van der Waals surface area contributed by atoms with Gasteiger partial charge in [0, 0.05) is 29.5 Å². The highest BCUT2D eigenvalue weighted by molar-refractivity contribution is 7.89. The number of aliphatic carboxylic acids is 1. The zero-order chi connectivity index (χ0) is 32.6. The number of hydrogen-bond donors (Lipinski definition) is 2. The molecule has 236 valence electrons. The highest BCUT2D eigenvalue weighted by Crippen LogP contribution is 2.64. The lowest BCUT2D eigenvalue weighted by Crippen LogP contribution is -2.45. The zero-order valence-electron chi connectivity index (χ0n) is 24.6. The van der Waals surface area contributed by atoms with Gasteiger partial charge in [0.2, 0.25) is 10.0 Å². The number of ketones is 1.